The number of hydrogen-bond acceptors (Lipinski definition) is 6. The summed E-state index contributed by atoms with van der Waals surface area (Å²) in [5.74, 6) is 0.111. The molecule has 110 valence electrons. The number of Topliss-reactive ketones (excluding diaryl/α,β-unsaturated/α-hetero) is 1. The molecule has 1 aromatic carbocycles. The van der Waals surface area contributed by atoms with Gasteiger partial charge in [0.1, 0.15) is 0 Å². The Balaban J connectivity index is 1.61. The van der Waals surface area contributed by atoms with Gasteiger partial charge in [-0.15, -0.1) is 10.2 Å². The van der Waals surface area contributed by atoms with Crippen molar-refractivity contribution in [2.75, 3.05) is 5.32 Å². The van der Waals surface area contributed by atoms with E-state index in [0.29, 0.717) is 6.04 Å². The van der Waals surface area contributed by atoms with Crippen LogP contribution < -0.4 is 5.32 Å². The number of thioether (sulfide) groups is 1. The first kappa shape index (κ1) is 15.0. The summed E-state index contributed by atoms with van der Waals surface area (Å²) < 4.78 is 1.80. The van der Waals surface area contributed by atoms with Crippen LogP contribution in [0.1, 0.15) is 30.1 Å². The Morgan fingerprint density at radius 1 is 1.38 bits per heavy atom. The van der Waals surface area contributed by atoms with Gasteiger partial charge in [0.2, 0.25) is 5.13 Å². The smallest absolute Gasteiger partial charge is 0.206 e. The Morgan fingerprint density at radius 2 is 2.10 bits per heavy atom. The van der Waals surface area contributed by atoms with Gasteiger partial charge < -0.3 is 5.32 Å². The number of halogens is 1. The van der Waals surface area contributed by atoms with Crippen LogP contribution in [0.4, 0.5) is 5.13 Å². The lowest BCUT2D eigenvalue weighted by Gasteiger charge is -2.07. The van der Waals surface area contributed by atoms with Crippen LogP contribution in [0.2, 0.25) is 0 Å². The van der Waals surface area contributed by atoms with Crippen molar-refractivity contribution < 1.29 is 4.79 Å². The van der Waals surface area contributed by atoms with Gasteiger partial charge >= 0.3 is 0 Å². The molecule has 1 aliphatic rings. The van der Waals surface area contributed by atoms with E-state index in [9.17, 15) is 4.79 Å². The van der Waals surface area contributed by atoms with Crippen LogP contribution in [0.15, 0.2) is 33.1 Å². The zero-order valence-corrected chi connectivity index (χ0v) is 14.6. The molecule has 1 saturated carbocycles. The summed E-state index contributed by atoms with van der Waals surface area (Å²) in [6.07, 6.45) is 2.42. The molecule has 1 atom stereocenters. The van der Waals surface area contributed by atoms with E-state index in [1.807, 2.05) is 31.2 Å². The molecule has 1 aliphatic carbocycles. The Kier molecular flexibility index (Phi) is 4.61. The fraction of sp³-hybridized carbons (Fsp3) is 0.357. The van der Waals surface area contributed by atoms with Crippen LogP contribution in [0, 0.1) is 0 Å². The molecule has 4 nitrogen and oxygen atoms in total. The molecule has 1 fully saturated rings. The first-order valence-electron chi connectivity index (χ1n) is 6.68. The number of nitrogens with one attached hydrogen (secondary N) is 1. The van der Waals surface area contributed by atoms with Gasteiger partial charge in [0.05, 0.1) is 5.25 Å². The molecule has 0 unspecified atom stereocenters. The lowest BCUT2D eigenvalue weighted by atomic mass is 10.1. The molecule has 0 amide bonds. The fourth-order valence-corrected chi connectivity index (χ4v) is 4.09. The average molecular weight is 384 g/mol. The van der Waals surface area contributed by atoms with Gasteiger partial charge in [0.15, 0.2) is 10.1 Å². The third-order valence-corrected chi connectivity index (χ3v) is 5.65. The summed E-state index contributed by atoms with van der Waals surface area (Å²) >= 11 is 6.35. The lowest BCUT2D eigenvalue weighted by molar-refractivity contribution is 0.0994. The molecular weight excluding hydrogens is 370 g/mol. The van der Waals surface area contributed by atoms with Crippen molar-refractivity contribution in [2.45, 2.75) is 35.4 Å². The minimum Gasteiger partial charge on any atom is -0.357 e. The zero-order valence-electron chi connectivity index (χ0n) is 11.4. The van der Waals surface area contributed by atoms with Crippen LogP contribution >= 0.6 is 39.0 Å². The monoisotopic (exact) mass is 383 g/mol. The molecule has 0 saturated heterocycles. The Hall–Kier alpha value is -0.920. The van der Waals surface area contributed by atoms with Gasteiger partial charge in [-0.1, -0.05) is 51.2 Å². The number of ketones is 1. The third kappa shape index (κ3) is 4.05. The maximum absolute atomic E-state index is 12.4. The van der Waals surface area contributed by atoms with E-state index in [1.165, 1.54) is 35.9 Å². The van der Waals surface area contributed by atoms with E-state index in [2.05, 4.69) is 31.4 Å². The number of aromatic nitrogens is 2. The summed E-state index contributed by atoms with van der Waals surface area (Å²) in [6, 6.07) is 8.01. The van der Waals surface area contributed by atoms with Crippen molar-refractivity contribution >= 4 is 49.9 Å². The quantitative estimate of drug-likeness (QED) is 0.597. The Morgan fingerprint density at radius 3 is 2.76 bits per heavy atom. The topological polar surface area (TPSA) is 54.9 Å². The minimum absolute atomic E-state index is 0.111. The summed E-state index contributed by atoms with van der Waals surface area (Å²) in [5, 5.41) is 12.2. The van der Waals surface area contributed by atoms with Crippen LogP contribution in [0.5, 0.6) is 0 Å². The average Bonchev–Trinajstić information content (AvgIpc) is 3.18. The highest BCUT2D eigenvalue weighted by atomic mass is 79.9. The van der Waals surface area contributed by atoms with Gasteiger partial charge in [-0.25, -0.2) is 0 Å². The van der Waals surface area contributed by atoms with Crippen molar-refractivity contribution in [3.05, 3.63) is 34.3 Å². The summed E-state index contributed by atoms with van der Waals surface area (Å²) in [7, 11) is 0. The van der Waals surface area contributed by atoms with Crippen molar-refractivity contribution in [3.63, 3.8) is 0 Å². The molecule has 0 bridgehead atoms. The molecule has 1 aromatic heterocycles. The summed E-state index contributed by atoms with van der Waals surface area (Å²) in [5.41, 5.74) is 0.721. The fourth-order valence-electron chi connectivity index (χ4n) is 1.77. The van der Waals surface area contributed by atoms with Crippen molar-refractivity contribution in [1.29, 1.82) is 0 Å². The molecule has 7 heteroatoms. The summed E-state index contributed by atoms with van der Waals surface area (Å²) in [4.78, 5) is 12.4. The zero-order chi connectivity index (χ0) is 14.8. The van der Waals surface area contributed by atoms with Gasteiger partial charge in [-0.2, -0.15) is 0 Å². The second kappa shape index (κ2) is 6.46. The minimum atomic E-state index is -0.173. The van der Waals surface area contributed by atoms with Crippen molar-refractivity contribution in [2.24, 2.45) is 0 Å². The van der Waals surface area contributed by atoms with E-state index in [-0.39, 0.29) is 11.0 Å². The highest BCUT2D eigenvalue weighted by Crippen LogP contribution is 2.33. The molecule has 1 heterocycles. The van der Waals surface area contributed by atoms with Crippen LogP contribution in [-0.4, -0.2) is 27.3 Å². The molecule has 3 rings (SSSR count). The van der Waals surface area contributed by atoms with Gasteiger partial charge in [-0.05, 0) is 31.9 Å². The summed E-state index contributed by atoms with van der Waals surface area (Å²) in [6.45, 7) is 1.91. The highest BCUT2D eigenvalue weighted by molar-refractivity contribution is 9.10. The SMILES string of the molecule is C[C@@H](Sc1nnc(NC2CC2)s1)C(=O)c1ccc(Br)cc1. The van der Waals surface area contributed by atoms with Crippen LogP contribution in [0.3, 0.4) is 0 Å². The maximum Gasteiger partial charge on any atom is 0.206 e. The van der Waals surface area contributed by atoms with Crippen molar-refractivity contribution in [3.8, 4) is 0 Å². The number of hydrogen-bond donors (Lipinski definition) is 1. The van der Waals surface area contributed by atoms with E-state index < -0.39 is 0 Å². The number of nitrogens with zero attached hydrogens (tertiary/aromatic N) is 2. The Bertz CT molecular complexity index is 640. The first-order chi connectivity index (χ1) is 10.1. The number of carbonyl (C=O) groups is 1. The highest BCUT2D eigenvalue weighted by Gasteiger charge is 2.23. The number of benzene rings is 1. The molecule has 1 N–H and O–H groups in total. The first-order valence-corrected chi connectivity index (χ1v) is 9.17. The maximum atomic E-state index is 12.4. The van der Waals surface area contributed by atoms with Gasteiger partial charge in [-0.3, -0.25) is 4.79 Å². The predicted octanol–water partition coefficient (Wildman–Crippen LogP) is 4.24. The number of carbonyl (C=O) groups excluding carboxylic acids is 1. The van der Waals surface area contributed by atoms with Crippen LogP contribution in [-0.2, 0) is 0 Å². The van der Waals surface area contributed by atoms with E-state index in [4.69, 9.17) is 0 Å². The van der Waals surface area contributed by atoms with E-state index in [0.717, 1.165) is 19.5 Å². The van der Waals surface area contributed by atoms with Gasteiger partial charge in [0.25, 0.3) is 0 Å². The second-order valence-electron chi connectivity index (χ2n) is 4.92. The largest absolute Gasteiger partial charge is 0.357 e. The van der Waals surface area contributed by atoms with Crippen LogP contribution in [0.25, 0.3) is 0 Å². The third-order valence-electron chi connectivity index (χ3n) is 3.09. The normalized spacial score (nSPS) is 15.7. The predicted molar refractivity (Wildman–Crippen MR) is 90.3 cm³/mol. The van der Waals surface area contributed by atoms with E-state index in [1.54, 1.807) is 0 Å². The molecule has 0 radical (unpaired) electrons. The molecular formula is C14H14BrN3OS2. The molecule has 0 spiro atoms. The van der Waals surface area contributed by atoms with E-state index >= 15 is 0 Å². The number of rotatable bonds is 6. The second-order valence-corrected chi connectivity index (χ2v) is 8.40. The molecule has 21 heavy (non-hydrogen) atoms. The van der Waals surface area contributed by atoms with Gasteiger partial charge in [0, 0.05) is 16.1 Å². The number of anilines is 1. The standard InChI is InChI=1S/C14H14BrN3OS2/c1-8(12(19)9-2-4-10(15)5-3-9)20-14-18-17-13(21-14)16-11-6-7-11/h2-5,8,11H,6-7H2,1H3,(H,16,17)/t8-/m1/s1. The Labute approximate surface area is 139 Å². The lowest BCUT2D eigenvalue weighted by Crippen LogP contribution is -2.13. The molecule has 2 aromatic rings. The molecule has 0 aliphatic heterocycles. The van der Waals surface area contributed by atoms with Crippen molar-refractivity contribution in [1.82, 2.24) is 10.2 Å².